The third-order valence-electron chi connectivity index (χ3n) is 6.95. The molecule has 0 radical (unpaired) electrons. The van der Waals surface area contributed by atoms with Crippen LogP contribution >= 0.6 is 0 Å². The van der Waals surface area contributed by atoms with E-state index in [9.17, 15) is 14.4 Å². The van der Waals surface area contributed by atoms with Crippen LogP contribution < -0.4 is 11.1 Å². The summed E-state index contributed by atoms with van der Waals surface area (Å²) < 4.78 is -0.432. The summed E-state index contributed by atoms with van der Waals surface area (Å²) in [4.78, 5) is 43.1. The van der Waals surface area contributed by atoms with Crippen molar-refractivity contribution < 1.29 is 18.9 Å². The zero-order valence-electron chi connectivity index (χ0n) is 19.8. The van der Waals surface area contributed by atoms with Crippen LogP contribution in [-0.4, -0.2) is 53.4 Å². The molecule has 0 spiro atoms. The molecule has 1 aliphatic rings. The van der Waals surface area contributed by atoms with E-state index in [0.29, 0.717) is 24.8 Å². The van der Waals surface area contributed by atoms with E-state index >= 15 is 0 Å². The molecule has 1 aliphatic carbocycles. The molecule has 0 saturated heterocycles. The van der Waals surface area contributed by atoms with Gasteiger partial charge >= 0.3 is 11.8 Å². The van der Waals surface area contributed by atoms with Gasteiger partial charge < -0.3 is 16.0 Å². The Kier molecular flexibility index (Phi) is 6.95. The molecule has 4 rings (SSSR count). The standard InChI is InChI=1S/C27H32N4O3/c1-31(2,27(34)22(28)16-18-10-4-3-5-11-18)26(33)20-13-7-9-15-24(20)30-25(32)21-17-29-23-14-8-6-12-19(21)23/h3-6,8,10-12,14,17,20,22,24H,7,9,13,15-16,28H2,1-2H3,(H-,29,30,32)/p+1/t20-,22+,24+/m1/s1. The quantitative estimate of drug-likeness (QED) is 0.491. The fraction of sp³-hybridized carbons (Fsp3) is 0.370. The normalized spacial score (nSPS) is 19.5. The maximum absolute atomic E-state index is 13.6. The molecule has 7 heteroatoms. The molecule has 1 fully saturated rings. The van der Waals surface area contributed by atoms with Crippen LogP contribution in [0.2, 0.25) is 0 Å². The Balaban J connectivity index is 1.48. The van der Waals surface area contributed by atoms with Gasteiger partial charge in [-0.25, -0.2) is 14.1 Å². The van der Waals surface area contributed by atoms with Crippen LogP contribution in [0, 0.1) is 5.92 Å². The lowest BCUT2D eigenvalue weighted by atomic mass is 9.82. The predicted molar refractivity (Wildman–Crippen MR) is 132 cm³/mol. The smallest absolute Gasteiger partial charge is 0.337 e. The number of aromatic nitrogens is 1. The van der Waals surface area contributed by atoms with Gasteiger partial charge in [0.05, 0.1) is 25.6 Å². The number of carbonyl (C=O) groups is 3. The number of nitrogens with zero attached hydrogens (tertiary/aromatic N) is 1. The van der Waals surface area contributed by atoms with Crippen molar-refractivity contribution in [1.29, 1.82) is 0 Å². The van der Waals surface area contributed by atoms with Gasteiger partial charge in [-0.15, -0.1) is 0 Å². The van der Waals surface area contributed by atoms with E-state index in [1.54, 1.807) is 20.3 Å². The third-order valence-corrected chi connectivity index (χ3v) is 6.95. The molecule has 4 N–H and O–H groups in total. The molecule has 0 bridgehead atoms. The van der Waals surface area contributed by atoms with Crippen molar-refractivity contribution in [2.75, 3.05) is 14.1 Å². The molecule has 3 amide bonds. The second-order valence-electron chi connectivity index (χ2n) is 9.64. The number of nitrogens with one attached hydrogen (secondary N) is 2. The zero-order chi connectivity index (χ0) is 24.3. The molecule has 34 heavy (non-hydrogen) atoms. The number of imide groups is 1. The van der Waals surface area contributed by atoms with Crippen LogP contribution in [-0.2, 0) is 16.0 Å². The largest absolute Gasteiger partial charge is 0.360 e. The van der Waals surface area contributed by atoms with E-state index in [-0.39, 0.29) is 23.8 Å². The molecule has 1 saturated carbocycles. The Hall–Kier alpha value is -3.29. The van der Waals surface area contributed by atoms with Gasteiger partial charge in [0.2, 0.25) is 0 Å². The number of rotatable bonds is 6. The Labute approximate surface area is 199 Å². The van der Waals surface area contributed by atoms with Gasteiger partial charge in [-0.3, -0.25) is 4.79 Å². The average Bonchev–Trinajstić information content (AvgIpc) is 3.28. The molecule has 178 valence electrons. The van der Waals surface area contributed by atoms with Gasteiger partial charge in [-0.05, 0) is 24.5 Å². The Morgan fingerprint density at radius 3 is 2.47 bits per heavy atom. The van der Waals surface area contributed by atoms with Crippen molar-refractivity contribution in [2.24, 2.45) is 11.7 Å². The van der Waals surface area contributed by atoms with Crippen molar-refractivity contribution in [1.82, 2.24) is 10.3 Å². The SMILES string of the molecule is C[N+](C)(C(=O)[C@@H](N)Cc1ccccc1)C(=O)[C@@H]1CCCC[C@@H]1NC(=O)c1c[nH]c2ccccc12. The summed E-state index contributed by atoms with van der Waals surface area (Å²) in [5.74, 6) is -1.16. The van der Waals surface area contributed by atoms with Gasteiger partial charge in [0.25, 0.3) is 5.91 Å². The number of hydrogen-bond acceptors (Lipinski definition) is 4. The maximum atomic E-state index is 13.6. The molecule has 3 aromatic rings. The summed E-state index contributed by atoms with van der Waals surface area (Å²) in [6, 6.07) is 16.1. The van der Waals surface area contributed by atoms with Crippen LogP contribution in [0.3, 0.4) is 0 Å². The number of likely N-dealkylation sites (N-methyl/N-ethyl adjacent to an activating group) is 1. The summed E-state index contributed by atoms with van der Waals surface area (Å²) in [7, 11) is 3.23. The first kappa shape index (κ1) is 23.9. The van der Waals surface area contributed by atoms with Gasteiger partial charge in [-0.2, -0.15) is 0 Å². The summed E-state index contributed by atoms with van der Waals surface area (Å²) >= 11 is 0. The van der Waals surface area contributed by atoms with E-state index in [2.05, 4.69) is 10.3 Å². The number of carbonyl (C=O) groups excluding carboxylic acids is 3. The number of nitrogens with two attached hydrogens (primary N) is 1. The second kappa shape index (κ2) is 9.91. The van der Waals surface area contributed by atoms with Crippen LogP contribution in [0.1, 0.15) is 41.6 Å². The Morgan fingerprint density at radius 2 is 1.71 bits per heavy atom. The van der Waals surface area contributed by atoms with Crippen molar-refractivity contribution >= 4 is 28.6 Å². The highest BCUT2D eigenvalue weighted by Crippen LogP contribution is 2.29. The lowest BCUT2D eigenvalue weighted by Crippen LogP contribution is -2.62. The van der Waals surface area contributed by atoms with Crippen LogP contribution in [0.5, 0.6) is 0 Å². The van der Waals surface area contributed by atoms with Gasteiger partial charge in [0.15, 0.2) is 0 Å². The number of hydrogen-bond donors (Lipinski definition) is 3. The number of quaternary nitrogens is 1. The van der Waals surface area contributed by atoms with Crippen LogP contribution in [0.25, 0.3) is 10.9 Å². The van der Waals surface area contributed by atoms with Crippen molar-refractivity contribution in [3.63, 3.8) is 0 Å². The summed E-state index contributed by atoms with van der Waals surface area (Å²) in [5, 5.41) is 3.94. The molecule has 0 aliphatic heterocycles. The minimum Gasteiger partial charge on any atom is -0.360 e. The molecule has 1 aromatic heterocycles. The van der Waals surface area contributed by atoms with Gasteiger partial charge in [0.1, 0.15) is 6.04 Å². The van der Waals surface area contributed by atoms with Crippen LogP contribution in [0.15, 0.2) is 60.8 Å². The lowest BCUT2D eigenvalue weighted by Gasteiger charge is -2.36. The fourth-order valence-electron chi connectivity index (χ4n) is 5.00. The minimum atomic E-state index is -0.788. The van der Waals surface area contributed by atoms with E-state index in [0.717, 1.165) is 29.3 Å². The molecular formula is C27H33N4O3+. The molecule has 1 heterocycles. The van der Waals surface area contributed by atoms with E-state index in [4.69, 9.17) is 5.73 Å². The zero-order valence-corrected chi connectivity index (χ0v) is 19.8. The molecule has 0 unspecified atom stereocenters. The summed E-state index contributed by atoms with van der Waals surface area (Å²) in [6.45, 7) is 0. The molecule has 3 atom stereocenters. The van der Waals surface area contributed by atoms with Crippen molar-refractivity contribution in [3.05, 3.63) is 71.9 Å². The Bertz CT molecular complexity index is 1180. The molecular weight excluding hydrogens is 428 g/mol. The number of benzene rings is 2. The number of para-hydroxylation sites is 1. The Morgan fingerprint density at radius 1 is 1.03 bits per heavy atom. The topological polar surface area (TPSA) is 105 Å². The average molecular weight is 462 g/mol. The highest BCUT2D eigenvalue weighted by Gasteiger charge is 2.46. The lowest BCUT2D eigenvalue weighted by molar-refractivity contribution is -0.738. The monoisotopic (exact) mass is 461 g/mol. The summed E-state index contributed by atoms with van der Waals surface area (Å²) in [5.41, 5.74) is 8.65. The summed E-state index contributed by atoms with van der Waals surface area (Å²) in [6.07, 6.45) is 5.23. The fourth-order valence-corrected chi connectivity index (χ4v) is 5.00. The van der Waals surface area contributed by atoms with Crippen molar-refractivity contribution in [2.45, 2.75) is 44.2 Å². The van der Waals surface area contributed by atoms with Crippen LogP contribution in [0.4, 0.5) is 0 Å². The first-order chi connectivity index (χ1) is 16.3. The highest BCUT2D eigenvalue weighted by atomic mass is 16.2. The second-order valence-corrected chi connectivity index (χ2v) is 9.64. The third kappa shape index (κ3) is 4.81. The van der Waals surface area contributed by atoms with E-state index in [1.807, 2.05) is 54.6 Å². The van der Waals surface area contributed by atoms with Gasteiger partial charge in [-0.1, -0.05) is 61.4 Å². The molecule has 7 nitrogen and oxygen atoms in total. The highest BCUT2D eigenvalue weighted by molar-refractivity contribution is 6.07. The number of amides is 3. The van der Waals surface area contributed by atoms with Crippen molar-refractivity contribution in [3.8, 4) is 0 Å². The number of aromatic amines is 1. The van der Waals surface area contributed by atoms with E-state index in [1.165, 1.54) is 0 Å². The first-order valence-electron chi connectivity index (χ1n) is 11.9. The number of fused-ring (bicyclic) bond motifs is 1. The first-order valence-corrected chi connectivity index (χ1v) is 11.9. The molecule has 2 aromatic carbocycles. The van der Waals surface area contributed by atoms with Gasteiger partial charge in [0, 0.05) is 29.6 Å². The predicted octanol–water partition coefficient (Wildman–Crippen LogP) is 3.16. The van der Waals surface area contributed by atoms with E-state index < -0.39 is 16.4 Å². The maximum Gasteiger partial charge on any atom is 0.337 e. The minimum absolute atomic E-state index is 0.197. The number of H-pyrrole nitrogens is 1.